The number of halogens is 3. The molecule has 0 spiro atoms. The molecule has 3 nitrogen and oxygen atoms in total. The van der Waals surface area contributed by atoms with Crippen LogP contribution >= 0.6 is 0 Å². The molecule has 2 fully saturated rings. The Bertz CT molecular complexity index is 593. The maximum Gasteiger partial charge on any atom is 0.494 e. The Kier molecular flexibility index (Phi) is 3.82. The molecule has 0 amide bonds. The van der Waals surface area contributed by atoms with Gasteiger partial charge in [0.25, 0.3) is 0 Å². The Morgan fingerprint density at radius 2 is 1.61 bits per heavy atom. The summed E-state index contributed by atoms with van der Waals surface area (Å²) >= 11 is 0. The maximum absolute atomic E-state index is 13.4. The van der Waals surface area contributed by atoms with E-state index in [-0.39, 0.29) is 11.5 Å². The fourth-order valence-corrected chi connectivity index (χ4v) is 2.72. The van der Waals surface area contributed by atoms with Crippen LogP contribution < -0.4 is 5.46 Å². The molecule has 0 aliphatic carbocycles. The van der Waals surface area contributed by atoms with Gasteiger partial charge in [-0.25, -0.2) is 0 Å². The zero-order valence-electron chi connectivity index (χ0n) is 13.7. The molecule has 0 saturated carbocycles. The second-order valence-electron chi connectivity index (χ2n) is 7.17. The lowest BCUT2D eigenvalue weighted by Gasteiger charge is -2.32. The first-order chi connectivity index (χ1) is 10.5. The fourth-order valence-electron chi connectivity index (χ4n) is 2.72. The van der Waals surface area contributed by atoms with Gasteiger partial charge in [0.05, 0.1) is 30.0 Å². The van der Waals surface area contributed by atoms with E-state index in [1.807, 2.05) is 27.7 Å². The van der Waals surface area contributed by atoms with Gasteiger partial charge in [-0.3, -0.25) is 0 Å². The van der Waals surface area contributed by atoms with Crippen molar-refractivity contribution in [3.63, 3.8) is 0 Å². The van der Waals surface area contributed by atoms with Crippen molar-refractivity contribution < 1.29 is 27.2 Å². The molecule has 7 heteroatoms. The first kappa shape index (κ1) is 16.8. The molecule has 126 valence electrons. The molecule has 3 rings (SSSR count). The number of benzene rings is 1. The van der Waals surface area contributed by atoms with Gasteiger partial charge in [0.1, 0.15) is 0 Å². The normalized spacial score (nSPS) is 23.9. The third kappa shape index (κ3) is 2.90. The Morgan fingerprint density at radius 1 is 1.04 bits per heavy atom. The van der Waals surface area contributed by atoms with Crippen molar-refractivity contribution in [2.24, 2.45) is 0 Å². The van der Waals surface area contributed by atoms with Crippen LogP contribution in [-0.4, -0.2) is 31.5 Å². The van der Waals surface area contributed by atoms with Crippen LogP contribution in [0.3, 0.4) is 0 Å². The summed E-state index contributed by atoms with van der Waals surface area (Å²) in [6.07, 6.45) is -4.41. The predicted molar refractivity (Wildman–Crippen MR) is 80.7 cm³/mol. The summed E-state index contributed by atoms with van der Waals surface area (Å²) in [6, 6.07) is 4.33. The van der Waals surface area contributed by atoms with E-state index in [0.29, 0.717) is 18.7 Å². The van der Waals surface area contributed by atoms with Crippen LogP contribution in [0.1, 0.15) is 44.7 Å². The molecular weight excluding hydrogens is 308 g/mol. The van der Waals surface area contributed by atoms with Gasteiger partial charge in [0.2, 0.25) is 0 Å². The molecule has 23 heavy (non-hydrogen) atoms. The third-order valence-corrected chi connectivity index (χ3v) is 4.99. The Balaban J connectivity index is 1.96. The average Bonchev–Trinajstić information content (AvgIpc) is 2.55. The minimum atomic E-state index is -4.41. The molecule has 0 aromatic heterocycles. The minimum Gasteiger partial charge on any atom is -0.399 e. The lowest BCUT2D eigenvalue weighted by molar-refractivity contribution is -0.139. The number of ether oxygens (including phenoxy) is 1. The molecule has 1 aromatic carbocycles. The van der Waals surface area contributed by atoms with E-state index in [1.54, 1.807) is 6.07 Å². The molecule has 0 N–H and O–H groups in total. The van der Waals surface area contributed by atoms with Crippen molar-refractivity contribution in [3.05, 3.63) is 29.3 Å². The molecule has 0 bridgehead atoms. The Labute approximate surface area is 134 Å². The van der Waals surface area contributed by atoms with Crippen molar-refractivity contribution in [1.82, 2.24) is 0 Å². The van der Waals surface area contributed by atoms with Gasteiger partial charge in [0.15, 0.2) is 0 Å². The second-order valence-corrected chi connectivity index (χ2v) is 7.17. The molecule has 2 saturated heterocycles. The maximum atomic E-state index is 13.4. The van der Waals surface area contributed by atoms with E-state index in [0.717, 1.165) is 6.07 Å². The summed E-state index contributed by atoms with van der Waals surface area (Å²) in [5, 5.41) is 0. The van der Waals surface area contributed by atoms with Crippen molar-refractivity contribution in [1.29, 1.82) is 0 Å². The Hall–Kier alpha value is -1.05. The number of hydrogen-bond acceptors (Lipinski definition) is 3. The summed E-state index contributed by atoms with van der Waals surface area (Å²) in [6.45, 7) is 8.16. The average molecular weight is 328 g/mol. The van der Waals surface area contributed by atoms with Gasteiger partial charge in [-0.05, 0) is 44.8 Å². The summed E-state index contributed by atoms with van der Waals surface area (Å²) in [7, 11) is -0.798. The molecule has 0 atom stereocenters. The fraction of sp³-hybridized carbons (Fsp3) is 0.625. The number of hydrogen-bond donors (Lipinski definition) is 0. The van der Waals surface area contributed by atoms with Gasteiger partial charge in [0, 0.05) is 5.92 Å². The van der Waals surface area contributed by atoms with Crippen LogP contribution in [0, 0.1) is 0 Å². The van der Waals surface area contributed by atoms with Crippen LogP contribution in [-0.2, 0) is 20.2 Å². The number of alkyl halides is 3. The first-order valence-electron chi connectivity index (χ1n) is 7.66. The standard InChI is InChI=1S/C16H20BF3O3/c1-14(2)15(3,4)23-17(22-14)11-5-6-12(10-8-21-9-10)13(7-11)16(18,19)20/h5-7,10H,8-9H2,1-4H3. The van der Waals surface area contributed by atoms with Crippen molar-refractivity contribution in [2.75, 3.05) is 13.2 Å². The summed E-state index contributed by atoms with van der Waals surface area (Å²) in [5.74, 6) is -0.195. The smallest absolute Gasteiger partial charge is 0.399 e. The van der Waals surface area contributed by atoms with Crippen LogP contribution in [0.5, 0.6) is 0 Å². The number of rotatable bonds is 2. The lowest BCUT2D eigenvalue weighted by Crippen LogP contribution is -2.41. The van der Waals surface area contributed by atoms with Crippen molar-refractivity contribution in [3.8, 4) is 0 Å². The van der Waals surface area contributed by atoms with Gasteiger partial charge in [-0.15, -0.1) is 0 Å². The Morgan fingerprint density at radius 3 is 2.04 bits per heavy atom. The highest BCUT2D eigenvalue weighted by atomic mass is 19.4. The molecule has 2 heterocycles. The summed E-state index contributed by atoms with van der Waals surface area (Å²) in [5.41, 5.74) is -1.13. The van der Waals surface area contributed by atoms with Crippen molar-refractivity contribution >= 4 is 12.6 Å². The summed E-state index contributed by atoms with van der Waals surface area (Å²) < 4.78 is 57.0. The van der Waals surface area contributed by atoms with Crippen LogP contribution in [0.4, 0.5) is 13.2 Å². The van der Waals surface area contributed by atoms with E-state index in [4.69, 9.17) is 14.0 Å². The zero-order chi connectivity index (χ0) is 17.0. The SMILES string of the molecule is CC1(C)OB(c2ccc(C3COC3)c(C(F)(F)F)c2)OC1(C)C. The monoisotopic (exact) mass is 328 g/mol. The molecule has 0 radical (unpaired) electrons. The van der Waals surface area contributed by atoms with Gasteiger partial charge in [-0.2, -0.15) is 13.2 Å². The predicted octanol–water partition coefficient (Wildman–Crippen LogP) is 3.12. The van der Waals surface area contributed by atoms with Crippen molar-refractivity contribution in [2.45, 2.75) is 51.0 Å². The molecular formula is C16H20BF3O3. The van der Waals surface area contributed by atoms with Gasteiger partial charge >= 0.3 is 13.3 Å². The van der Waals surface area contributed by atoms with E-state index in [9.17, 15) is 13.2 Å². The van der Waals surface area contributed by atoms with Crippen LogP contribution in [0.2, 0.25) is 0 Å². The van der Waals surface area contributed by atoms with Crippen LogP contribution in [0.25, 0.3) is 0 Å². The highest BCUT2D eigenvalue weighted by Gasteiger charge is 2.52. The molecule has 2 aliphatic heterocycles. The topological polar surface area (TPSA) is 27.7 Å². The van der Waals surface area contributed by atoms with E-state index in [2.05, 4.69) is 0 Å². The van der Waals surface area contributed by atoms with E-state index >= 15 is 0 Å². The van der Waals surface area contributed by atoms with Gasteiger partial charge in [-0.1, -0.05) is 12.1 Å². The lowest BCUT2D eigenvalue weighted by atomic mass is 9.76. The quantitative estimate of drug-likeness (QED) is 0.781. The van der Waals surface area contributed by atoms with E-state index in [1.165, 1.54) is 6.07 Å². The van der Waals surface area contributed by atoms with Crippen LogP contribution in [0.15, 0.2) is 18.2 Å². The highest BCUT2D eigenvalue weighted by Crippen LogP contribution is 2.39. The van der Waals surface area contributed by atoms with E-state index < -0.39 is 30.1 Å². The first-order valence-corrected chi connectivity index (χ1v) is 7.66. The summed E-state index contributed by atoms with van der Waals surface area (Å²) in [4.78, 5) is 0. The highest BCUT2D eigenvalue weighted by molar-refractivity contribution is 6.62. The largest absolute Gasteiger partial charge is 0.494 e. The zero-order valence-corrected chi connectivity index (χ0v) is 13.7. The van der Waals surface area contributed by atoms with Gasteiger partial charge < -0.3 is 14.0 Å². The molecule has 2 aliphatic rings. The third-order valence-electron chi connectivity index (χ3n) is 4.99. The second kappa shape index (κ2) is 5.23. The molecule has 1 aromatic rings. The minimum absolute atomic E-state index is 0.195. The molecule has 0 unspecified atom stereocenters.